The number of nitrogens with one attached hydrogen (secondary N) is 1. The van der Waals surface area contributed by atoms with Crippen molar-refractivity contribution in [3.63, 3.8) is 0 Å². The van der Waals surface area contributed by atoms with Crippen molar-refractivity contribution in [1.82, 2.24) is 15.1 Å². The van der Waals surface area contributed by atoms with Gasteiger partial charge >= 0.3 is 6.03 Å². The van der Waals surface area contributed by atoms with Crippen LogP contribution in [0.15, 0.2) is 0 Å². The van der Waals surface area contributed by atoms with E-state index in [9.17, 15) is 14.4 Å². The molecule has 1 saturated heterocycles. The number of hydrogen-bond acceptors (Lipinski definition) is 4. The lowest BCUT2D eigenvalue weighted by Gasteiger charge is -2.31. The zero-order valence-corrected chi connectivity index (χ0v) is 15.2. The number of imide groups is 1. The summed E-state index contributed by atoms with van der Waals surface area (Å²) in [5, 5.41) is 2.97. The van der Waals surface area contributed by atoms with Crippen molar-refractivity contribution < 1.29 is 14.4 Å². The van der Waals surface area contributed by atoms with E-state index in [-0.39, 0.29) is 49.8 Å². The first-order valence-electron chi connectivity index (χ1n) is 7.75. The molecule has 23 heavy (non-hydrogen) atoms. The van der Waals surface area contributed by atoms with E-state index >= 15 is 0 Å². The predicted molar refractivity (Wildman–Crippen MR) is 91.3 cm³/mol. The Morgan fingerprint density at radius 3 is 2.43 bits per heavy atom. The van der Waals surface area contributed by atoms with Crippen LogP contribution in [0.25, 0.3) is 0 Å². The molecule has 1 rings (SSSR count). The summed E-state index contributed by atoms with van der Waals surface area (Å²) >= 11 is 0. The molecule has 0 bridgehead atoms. The molecule has 1 unspecified atom stereocenters. The molecular formula is C15H29ClN4O3. The summed E-state index contributed by atoms with van der Waals surface area (Å²) in [6.45, 7) is 6.88. The number of hydrogen-bond donors (Lipinski definition) is 2. The Morgan fingerprint density at radius 2 is 2.00 bits per heavy atom. The average Bonchev–Trinajstić information content (AvgIpc) is 2.64. The average molecular weight is 349 g/mol. The van der Waals surface area contributed by atoms with Crippen LogP contribution in [-0.2, 0) is 9.59 Å². The van der Waals surface area contributed by atoms with Crippen LogP contribution < -0.4 is 11.1 Å². The fourth-order valence-corrected chi connectivity index (χ4v) is 2.77. The van der Waals surface area contributed by atoms with Gasteiger partial charge in [0.2, 0.25) is 11.8 Å². The molecule has 1 fully saturated rings. The molecule has 7 nitrogen and oxygen atoms in total. The smallest absolute Gasteiger partial charge is 0.326 e. The van der Waals surface area contributed by atoms with Gasteiger partial charge in [-0.3, -0.25) is 14.5 Å². The molecule has 1 aliphatic rings. The van der Waals surface area contributed by atoms with E-state index in [4.69, 9.17) is 5.73 Å². The highest BCUT2D eigenvalue weighted by molar-refractivity contribution is 6.01. The van der Waals surface area contributed by atoms with Gasteiger partial charge in [0, 0.05) is 32.1 Å². The first-order valence-corrected chi connectivity index (χ1v) is 7.75. The van der Waals surface area contributed by atoms with E-state index in [1.165, 1.54) is 9.80 Å². The monoisotopic (exact) mass is 348 g/mol. The molecule has 1 atom stereocenters. The quantitative estimate of drug-likeness (QED) is 0.639. The van der Waals surface area contributed by atoms with Gasteiger partial charge in [-0.25, -0.2) is 4.79 Å². The van der Waals surface area contributed by atoms with Gasteiger partial charge in [-0.1, -0.05) is 13.8 Å². The second-order valence-electron chi connectivity index (χ2n) is 6.70. The van der Waals surface area contributed by atoms with Crippen LogP contribution in [-0.4, -0.2) is 59.9 Å². The molecule has 1 heterocycles. The van der Waals surface area contributed by atoms with E-state index in [0.717, 1.165) is 6.42 Å². The van der Waals surface area contributed by atoms with Gasteiger partial charge in [0.05, 0.1) is 0 Å². The molecule has 1 aliphatic heterocycles. The Morgan fingerprint density at radius 1 is 1.39 bits per heavy atom. The van der Waals surface area contributed by atoms with E-state index in [1.807, 2.05) is 6.92 Å². The maximum atomic E-state index is 12.0. The highest BCUT2D eigenvalue weighted by Gasteiger charge is 2.33. The third-order valence-electron chi connectivity index (χ3n) is 3.77. The lowest BCUT2D eigenvalue weighted by atomic mass is 9.90. The van der Waals surface area contributed by atoms with Crippen molar-refractivity contribution >= 4 is 30.3 Å². The molecular weight excluding hydrogens is 320 g/mol. The topological polar surface area (TPSA) is 95.7 Å². The molecule has 4 amide bonds. The number of carbonyl (C=O) groups excluding carboxylic acids is 3. The predicted octanol–water partition coefficient (Wildman–Crippen LogP) is 0.962. The van der Waals surface area contributed by atoms with Gasteiger partial charge in [0.25, 0.3) is 0 Å². The number of rotatable bonds is 8. The van der Waals surface area contributed by atoms with Crippen molar-refractivity contribution in [2.75, 3.05) is 26.7 Å². The van der Waals surface area contributed by atoms with Gasteiger partial charge < -0.3 is 16.0 Å². The Balaban J connectivity index is 0.00000484. The van der Waals surface area contributed by atoms with Crippen LogP contribution in [0.4, 0.5) is 4.79 Å². The number of amides is 4. The molecule has 0 aromatic carbocycles. The van der Waals surface area contributed by atoms with Gasteiger partial charge in [0.15, 0.2) is 0 Å². The molecule has 134 valence electrons. The number of nitrogens with zero attached hydrogens (tertiary/aromatic N) is 2. The first kappa shape index (κ1) is 21.7. The fraction of sp³-hybridized carbons (Fsp3) is 0.800. The molecule has 0 aromatic heterocycles. The molecule has 3 N–H and O–H groups in total. The molecule has 0 saturated carbocycles. The fourth-order valence-electron chi connectivity index (χ4n) is 2.77. The minimum atomic E-state index is -0.412. The third kappa shape index (κ3) is 6.35. The third-order valence-corrected chi connectivity index (χ3v) is 3.77. The summed E-state index contributed by atoms with van der Waals surface area (Å²) < 4.78 is 0. The van der Waals surface area contributed by atoms with Crippen LogP contribution >= 0.6 is 12.4 Å². The van der Waals surface area contributed by atoms with Gasteiger partial charge in [0.1, 0.15) is 6.54 Å². The largest absolute Gasteiger partial charge is 0.350 e. The maximum Gasteiger partial charge on any atom is 0.326 e. The van der Waals surface area contributed by atoms with Crippen molar-refractivity contribution in [1.29, 1.82) is 0 Å². The number of carbonyl (C=O) groups is 3. The van der Waals surface area contributed by atoms with Gasteiger partial charge in [-0.05, 0) is 25.7 Å². The molecule has 0 spiro atoms. The van der Waals surface area contributed by atoms with E-state index in [2.05, 4.69) is 19.2 Å². The normalized spacial score (nSPS) is 17.3. The summed E-state index contributed by atoms with van der Waals surface area (Å²) in [5.41, 5.74) is 5.35. The molecule has 0 aromatic rings. The second kappa shape index (κ2) is 9.08. The lowest BCUT2D eigenvalue weighted by molar-refractivity contribution is -0.126. The highest BCUT2D eigenvalue weighted by atomic mass is 35.5. The van der Waals surface area contributed by atoms with Gasteiger partial charge in [-0.2, -0.15) is 0 Å². The summed E-state index contributed by atoms with van der Waals surface area (Å²) in [6, 6.07) is -0.294. The molecule has 0 aliphatic carbocycles. The van der Waals surface area contributed by atoms with E-state index in [1.54, 1.807) is 7.05 Å². The second-order valence-corrected chi connectivity index (χ2v) is 6.70. The van der Waals surface area contributed by atoms with Crippen molar-refractivity contribution in [3.05, 3.63) is 0 Å². The number of halogens is 1. The first-order chi connectivity index (χ1) is 10.2. The Kier molecular flexibility index (Phi) is 8.55. The summed E-state index contributed by atoms with van der Waals surface area (Å²) in [4.78, 5) is 37.9. The Hall–Kier alpha value is -1.34. The SMILES string of the molecule is CC(C)CC(C)(CN)NC(=O)CCCN1C(=O)CN(C)C1=O.Cl. The van der Waals surface area contributed by atoms with Crippen molar-refractivity contribution in [2.45, 2.75) is 45.6 Å². The zero-order chi connectivity index (χ0) is 16.9. The highest BCUT2D eigenvalue weighted by Crippen LogP contribution is 2.16. The molecule has 8 heteroatoms. The van der Waals surface area contributed by atoms with E-state index < -0.39 is 5.54 Å². The maximum absolute atomic E-state index is 12.0. The summed E-state index contributed by atoms with van der Waals surface area (Å²) in [5.74, 6) is 0.129. The summed E-state index contributed by atoms with van der Waals surface area (Å²) in [6.07, 6.45) is 1.54. The van der Waals surface area contributed by atoms with Crippen molar-refractivity contribution in [3.8, 4) is 0 Å². The minimum Gasteiger partial charge on any atom is -0.350 e. The van der Waals surface area contributed by atoms with Crippen LogP contribution in [0.2, 0.25) is 0 Å². The minimum absolute atomic E-state index is 0. The number of likely N-dealkylation sites (N-methyl/N-ethyl adjacent to an activating group) is 1. The zero-order valence-electron chi connectivity index (χ0n) is 14.4. The van der Waals surface area contributed by atoms with Crippen LogP contribution in [0.3, 0.4) is 0 Å². The molecule has 0 radical (unpaired) electrons. The Labute approximate surface area is 144 Å². The lowest BCUT2D eigenvalue weighted by Crippen LogP contribution is -2.52. The van der Waals surface area contributed by atoms with Crippen LogP contribution in [0.5, 0.6) is 0 Å². The Bertz CT molecular complexity index is 444. The number of nitrogens with two attached hydrogens (primary N) is 1. The number of urea groups is 1. The standard InChI is InChI=1S/C15H28N4O3.ClH/c1-11(2)8-15(3,10-16)17-12(20)6-5-7-19-13(21)9-18(4)14(19)22;/h11H,5-10,16H2,1-4H3,(H,17,20);1H. The van der Waals surface area contributed by atoms with Gasteiger partial charge in [-0.15, -0.1) is 12.4 Å². The van der Waals surface area contributed by atoms with Crippen LogP contribution in [0, 0.1) is 5.92 Å². The summed E-state index contributed by atoms with van der Waals surface area (Å²) in [7, 11) is 1.59. The van der Waals surface area contributed by atoms with Crippen LogP contribution in [0.1, 0.15) is 40.0 Å². The van der Waals surface area contributed by atoms with E-state index in [0.29, 0.717) is 18.9 Å². The van der Waals surface area contributed by atoms with Crippen molar-refractivity contribution in [2.24, 2.45) is 11.7 Å².